The fourth-order valence-corrected chi connectivity index (χ4v) is 17.7. The lowest BCUT2D eigenvalue weighted by Crippen LogP contribution is -2.63. The number of rotatable bonds is 23. The normalized spacial score (nSPS) is 28.5. The van der Waals surface area contributed by atoms with E-state index in [-0.39, 0.29) is 195 Å². The fraction of sp³-hybridized carbons (Fsp3) is 0.916. The Morgan fingerprint density at radius 1 is 0.469 bits per heavy atom. The SMILES string of the molecule is C.C.C.C.C.C.C.C.C.C.C.C.CCC(C)(C)C(=O)OC1(C(C)C)C2CC3CC(C2)CC1C3.CCC(C)(C)C(=O)OC1(C(C)C)CCCC1.CCC(C)(C)C(=O)OC12CC3CC(CC(O)(C3)C1)C2.CCC(C)(C)C(=O)OC1C2CC3C(=O)OC1C3C2.CCC(C)(C)C(=O)OCC1COC(=O)O1.CCCCOC(=O)C(C)(C)CC. The summed E-state index contributed by atoms with van der Waals surface area (Å²) in [6.07, 6.45) is 23.8. The third-order valence-corrected chi connectivity index (χ3v) is 26.7. The molecule has 8 unspecified atom stereocenters. The summed E-state index contributed by atoms with van der Waals surface area (Å²) in [6, 6.07) is 0. The largest absolute Gasteiger partial charge is 0.508 e. The zero-order valence-corrected chi connectivity index (χ0v) is 67.3. The van der Waals surface area contributed by atoms with Crippen molar-refractivity contribution in [2.24, 2.45) is 97.6 Å². The van der Waals surface area contributed by atoms with E-state index in [1.807, 2.05) is 118 Å². The molecule has 0 radical (unpaired) electrons. The molecule has 2 saturated heterocycles. The molecular formula is C95H188O18. The first kappa shape index (κ1) is 122. The summed E-state index contributed by atoms with van der Waals surface area (Å²) < 4.78 is 48.7. The number of fused-ring (bicyclic) bond motifs is 1. The Hall–Kier alpha value is -4.48. The van der Waals surface area contributed by atoms with Crippen LogP contribution in [0.5, 0.6) is 0 Å². The van der Waals surface area contributed by atoms with E-state index in [1.54, 1.807) is 0 Å². The summed E-state index contributed by atoms with van der Waals surface area (Å²) in [5.74, 6) is 5.06. The highest BCUT2D eigenvalue weighted by Crippen LogP contribution is 2.63. The third kappa shape index (κ3) is 29.2. The zero-order valence-electron chi connectivity index (χ0n) is 67.3. The highest BCUT2D eigenvalue weighted by atomic mass is 16.8. The molecule has 18 heteroatoms. The summed E-state index contributed by atoms with van der Waals surface area (Å²) in [4.78, 5) is 94.5. The van der Waals surface area contributed by atoms with E-state index in [9.17, 15) is 43.5 Å². The van der Waals surface area contributed by atoms with Gasteiger partial charge < -0.3 is 47.7 Å². The van der Waals surface area contributed by atoms with Gasteiger partial charge in [-0.2, -0.15) is 0 Å². The van der Waals surface area contributed by atoms with Crippen LogP contribution in [0.1, 0.15) is 409 Å². The number of aliphatic hydroxyl groups is 1. The molecule has 13 rings (SSSR count). The van der Waals surface area contributed by atoms with Crippen molar-refractivity contribution in [3.63, 3.8) is 0 Å². The summed E-state index contributed by atoms with van der Waals surface area (Å²) in [5.41, 5.74) is -3.63. The second-order valence-corrected chi connectivity index (χ2v) is 37.4. The van der Waals surface area contributed by atoms with Crippen LogP contribution in [0.2, 0.25) is 0 Å². The topological polar surface area (TPSA) is 240 Å². The van der Waals surface area contributed by atoms with Crippen molar-refractivity contribution in [1.29, 1.82) is 0 Å². The molecule has 10 bridgehead atoms. The van der Waals surface area contributed by atoms with Crippen molar-refractivity contribution in [3.8, 4) is 0 Å². The van der Waals surface area contributed by atoms with Gasteiger partial charge in [0.05, 0.1) is 50.6 Å². The van der Waals surface area contributed by atoms with E-state index in [0.29, 0.717) is 66.8 Å². The maximum absolute atomic E-state index is 12.8. The molecule has 0 aromatic rings. The molecule has 8 atom stereocenters. The van der Waals surface area contributed by atoms with Crippen molar-refractivity contribution < 1.29 is 86.1 Å². The fourth-order valence-electron chi connectivity index (χ4n) is 17.7. The average molecular weight is 1620 g/mol. The predicted octanol–water partition coefficient (Wildman–Crippen LogP) is 25.6. The number of hydrogen-bond acceptors (Lipinski definition) is 18. The van der Waals surface area contributed by atoms with Crippen LogP contribution in [0.25, 0.3) is 0 Å². The van der Waals surface area contributed by atoms with E-state index in [2.05, 4.69) is 46.3 Å². The zero-order chi connectivity index (χ0) is 75.9. The van der Waals surface area contributed by atoms with Crippen LogP contribution in [0, 0.1) is 97.6 Å². The second kappa shape index (κ2) is 48.5. The minimum atomic E-state index is -0.703. The molecule has 0 amide bonds. The van der Waals surface area contributed by atoms with Gasteiger partial charge in [0.15, 0.2) is 6.10 Å². The Morgan fingerprint density at radius 2 is 0.867 bits per heavy atom. The van der Waals surface area contributed by atoms with E-state index < -0.39 is 34.1 Å². The first-order valence-corrected chi connectivity index (χ1v) is 39.8. The Labute approximate surface area is 697 Å². The molecular weight excluding hydrogens is 1430 g/mol. The van der Waals surface area contributed by atoms with Crippen LogP contribution in [0.4, 0.5) is 4.79 Å². The molecule has 2 aliphatic heterocycles. The van der Waals surface area contributed by atoms with Gasteiger partial charge in [-0.05, 0) is 278 Å². The molecule has 0 aromatic heterocycles. The van der Waals surface area contributed by atoms with E-state index >= 15 is 0 Å². The Kier molecular flexibility index (Phi) is 52.3. The third-order valence-electron chi connectivity index (χ3n) is 26.7. The van der Waals surface area contributed by atoms with Gasteiger partial charge in [0.25, 0.3) is 0 Å². The van der Waals surface area contributed by atoms with Crippen LogP contribution in [-0.2, 0) is 76.2 Å². The average Bonchev–Trinajstić information content (AvgIpc) is 1.56. The molecule has 0 aromatic carbocycles. The molecule has 113 heavy (non-hydrogen) atoms. The number of carbonyl (C=O) groups excluding carboxylic acids is 8. The van der Waals surface area contributed by atoms with E-state index in [4.69, 9.17) is 37.9 Å². The van der Waals surface area contributed by atoms with Crippen LogP contribution < -0.4 is 0 Å². The highest BCUT2D eigenvalue weighted by Gasteiger charge is 2.65. The predicted molar refractivity (Wildman–Crippen MR) is 469 cm³/mol. The monoisotopic (exact) mass is 1620 g/mol. The number of cyclic esters (lactones) is 2. The van der Waals surface area contributed by atoms with Gasteiger partial charge in [0, 0.05) is 18.3 Å². The first-order valence-electron chi connectivity index (χ1n) is 39.8. The minimum Gasteiger partial charge on any atom is -0.465 e. The van der Waals surface area contributed by atoms with Gasteiger partial charge >= 0.3 is 47.9 Å². The number of hydrogen-bond donors (Lipinski definition) is 1. The van der Waals surface area contributed by atoms with Gasteiger partial charge in [-0.15, -0.1) is 0 Å². The summed E-state index contributed by atoms with van der Waals surface area (Å²) in [6.45, 7) is 46.9. The van der Waals surface area contributed by atoms with Gasteiger partial charge in [-0.3, -0.25) is 33.6 Å². The van der Waals surface area contributed by atoms with Gasteiger partial charge in [0.1, 0.15) is 42.2 Å². The van der Waals surface area contributed by atoms with Crippen LogP contribution in [-0.4, -0.2) is 114 Å². The van der Waals surface area contributed by atoms with Crippen molar-refractivity contribution >= 4 is 47.9 Å². The van der Waals surface area contributed by atoms with Crippen LogP contribution in [0.15, 0.2) is 0 Å². The van der Waals surface area contributed by atoms with Crippen LogP contribution >= 0.6 is 0 Å². The lowest BCUT2D eigenvalue weighted by atomic mass is 9.47. The molecule has 11 aliphatic carbocycles. The molecule has 13 aliphatic rings. The van der Waals surface area contributed by atoms with Crippen LogP contribution in [0.3, 0.4) is 0 Å². The molecule has 0 spiro atoms. The van der Waals surface area contributed by atoms with Gasteiger partial charge in [0.2, 0.25) is 0 Å². The number of unbranched alkanes of at least 4 members (excludes halogenated alkanes) is 1. The van der Waals surface area contributed by atoms with Crippen molar-refractivity contribution in [1.82, 2.24) is 0 Å². The Balaban J connectivity index is -0.000000236. The molecule has 2 heterocycles. The maximum atomic E-state index is 12.8. The molecule has 676 valence electrons. The van der Waals surface area contributed by atoms with Gasteiger partial charge in [-0.25, -0.2) is 4.79 Å². The standard InChI is InChI=1S/C19H32O2.C16H26O3.C14H20O4.C14H26O2.C10H16O5.C10H20O2.12CH4/c1-6-18(4,5)17(20)21-19(12(2)3)15-8-13-7-14(10-15)11-16(19)9-13;1-4-14(2,3)13(17)19-16-8-11-5-12(9-16)7-15(18,6-11)10-16;1-4-14(2,3)13(16)18-10-7-5-8-9(6-7)12(15)17-11(8)10;1-6-13(4,5)12(15)16-14(11(2)3)9-7-8-10-14;1-4-10(2,3)8(11)13-5-7-6-14-9(12)15-7;1-5-7-8-12-9(11)10(3,4)6-2;;;;;;;;;;;;/h12-16H,6-11H2,1-5H3;11-12,18H,4-10H2,1-3H3;7-11H,4-6H2,1-3H3;11H,6-10H2,1-5H3;7H,4-6H2,1-3H3;5-8H2,1-4H3;12*1H4. The summed E-state index contributed by atoms with van der Waals surface area (Å²) >= 11 is 0. The summed E-state index contributed by atoms with van der Waals surface area (Å²) in [7, 11) is 0. The molecule has 1 N–H and O–H groups in total. The van der Waals surface area contributed by atoms with E-state index in [0.717, 1.165) is 108 Å². The maximum Gasteiger partial charge on any atom is 0.508 e. The lowest BCUT2D eigenvalue weighted by molar-refractivity contribution is -0.231. The lowest BCUT2D eigenvalue weighted by Gasteiger charge is -2.62. The Morgan fingerprint density at radius 3 is 1.26 bits per heavy atom. The molecule has 13 fully saturated rings. The van der Waals surface area contributed by atoms with Crippen molar-refractivity contribution in [2.75, 3.05) is 19.8 Å². The minimum absolute atomic E-state index is 0. The first-order chi connectivity index (χ1) is 46.8. The number of esters is 7. The highest BCUT2D eigenvalue weighted by molar-refractivity contribution is 5.80. The second-order valence-electron chi connectivity index (χ2n) is 37.4. The smallest absolute Gasteiger partial charge is 0.465 e. The van der Waals surface area contributed by atoms with Gasteiger partial charge in [-0.1, -0.05) is 172 Å². The molecule has 18 nitrogen and oxygen atoms in total. The number of carbonyl (C=O) groups is 8. The van der Waals surface area contributed by atoms with E-state index in [1.165, 1.54) is 51.4 Å². The summed E-state index contributed by atoms with van der Waals surface area (Å²) in [5, 5.41) is 10.6. The van der Waals surface area contributed by atoms with Crippen molar-refractivity contribution in [3.05, 3.63) is 0 Å². The quantitative estimate of drug-likeness (QED) is 0.0568. The Bertz CT molecular complexity index is 2780. The number of ether oxygens (including phenoxy) is 9. The molecule has 11 saturated carbocycles. The van der Waals surface area contributed by atoms with Crippen molar-refractivity contribution in [2.45, 2.75) is 450 Å².